The molecule has 6 heteroatoms. The van der Waals surface area contributed by atoms with Crippen molar-refractivity contribution in [3.63, 3.8) is 0 Å². The first-order chi connectivity index (χ1) is 12.6. The number of urea groups is 1. The molecule has 2 aromatic carbocycles. The van der Waals surface area contributed by atoms with Crippen molar-refractivity contribution in [2.45, 2.75) is 30.4 Å². The van der Waals surface area contributed by atoms with Gasteiger partial charge in [0.15, 0.2) is 0 Å². The van der Waals surface area contributed by atoms with Crippen LogP contribution in [0, 0.1) is 0 Å². The highest BCUT2D eigenvalue weighted by atomic mass is 32.2. The Bertz CT molecular complexity index is 809. The van der Waals surface area contributed by atoms with Crippen molar-refractivity contribution < 1.29 is 14.3 Å². The fourth-order valence-electron chi connectivity index (χ4n) is 2.87. The average Bonchev–Trinajstić information content (AvgIpc) is 2.67. The molecule has 0 saturated carbocycles. The van der Waals surface area contributed by atoms with E-state index in [1.807, 2.05) is 24.3 Å². The molecule has 0 saturated heterocycles. The van der Waals surface area contributed by atoms with E-state index in [4.69, 9.17) is 4.74 Å². The van der Waals surface area contributed by atoms with Gasteiger partial charge < -0.3 is 10.1 Å². The van der Waals surface area contributed by atoms with Crippen molar-refractivity contribution in [2.75, 3.05) is 23.4 Å². The van der Waals surface area contributed by atoms with Gasteiger partial charge in [-0.3, -0.25) is 4.90 Å². The molecule has 1 unspecified atom stereocenters. The summed E-state index contributed by atoms with van der Waals surface area (Å²) in [6, 6.07) is 14.6. The summed E-state index contributed by atoms with van der Waals surface area (Å²) < 4.78 is 5.08. The molecule has 2 amide bonds. The van der Waals surface area contributed by atoms with E-state index in [1.165, 1.54) is 0 Å². The molecule has 0 fully saturated rings. The fraction of sp³-hybridized carbons (Fsp3) is 0.300. The number of nitrogens with zero attached hydrogens (tertiary/aromatic N) is 1. The number of hydrogen-bond acceptors (Lipinski definition) is 4. The second-order valence-corrected chi connectivity index (χ2v) is 7.26. The van der Waals surface area contributed by atoms with Crippen LogP contribution < -0.4 is 10.2 Å². The Morgan fingerprint density at radius 1 is 1.15 bits per heavy atom. The predicted molar refractivity (Wildman–Crippen MR) is 105 cm³/mol. The normalized spacial score (nSPS) is 15.9. The van der Waals surface area contributed by atoms with Crippen LogP contribution in [0.1, 0.15) is 30.6 Å². The van der Waals surface area contributed by atoms with E-state index >= 15 is 0 Å². The van der Waals surface area contributed by atoms with Crippen LogP contribution in [0.4, 0.5) is 16.2 Å². The minimum Gasteiger partial charge on any atom is -0.462 e. The average molecular weight is 370 g/mol. The highest BCUT2D eigenvalue weighted by molar-refractivity contribution is 8.00. The Labute approximate surface area is 157 Å². The number of carbonyl (C=O) groups excluding carboxylic acids is 2. The molecular formula is C20H22N2O3S. The van der Waals surface area contributed by atoms with Crippen molar-refractivity contribution in [3.05, 3.63) is 54.1 Å². The van der Waals surface area contributed by atoms with Crippen LogP contribution >= 0.6 is 11.8 Å². The number of anilines is 2. The van der Waals surface area contributed by atoms with Crippen molar-refractivity contribution >= 4 is 35.1 Å². The maximum Gasteiger partial charge on any atom is 0.340 e. The molecule has 0 aliphatic carbocycles. The molecule has 5 nitrogen and oxygen atoms in total. The number of carbonyl (C=O) groups is 2. The van der Waals surface area contributed by atoms with E-state index in [0.29, 0.717) is 23.0 Å². The van der Waals surface area contributed by atoms with Gasteiger partial charge in [0.1, 0.15) is 0 Å². The highest BCUT2D eigenvalue weighted by Gasteiger charge is 2.28. The highest BCUT2D eigenvalue weighted by Crippen LogP contribution is 2.39. The van der Waals surface area contributed by atoms with Crippen molar-refractivity contribution in [2.24, 2.45) is 0 Å². The van der Waals surface area contributed by atoms with E-state index < -0.39 is 5.97 Å². The lowest BCUT2D eigenvalue weighted by Crippen LogP contribution is -2.42. The first kappa shape index (κ1) is 18.3. The fourth-order valence-corrected chi connectivity index (χ4v) is 4.07. The summed E-state index contributed by atoms with van der Waals surface area (Å²) in [5.41, 5.74) is 1.71. The largest absolute Gasteiger partial charge is 0.462 e. The summed E-state index contributed by atoms with van der Waals surface area (Å²) in [5.74, 6) is -0.440. The molecule has 0 bridgehead atoms. The molecule has 1 aliphatic heterocycles. The minimum atomic E-state index is -0.440. The molecule has 1 atom stereocenters. The molecule has 0 aromatic heterocycles. The third-order valence-corrected chi connectivity index (χ3v) is 5.62. The first-order valence-corrected chi connectivity index (χ1v) is 9.62. The van der Waals surface area contributed by atoms with Crippen molar-refractivity contribution in [1.29, 1.82) is 0 Å². The zero-order valence-electron chi connectivity index (χ0n) is 14.9. The SMILES string of the molecule is CCOC(=O)c1ccccc1NC(=O)N1CC(CC)Sc2ccccc21. The number of rotatable bonds is 4. The van der Waals surface area contributed by atoms with Crippen LogP contribution in [-0.4, -0.2) is 30.4 Å². The van der Waals surface area contributed by atoms with E-state index in [0.717, 1.165) is 17.0 Å². The van der Waals surface area contributed by atoms with Crippen LogP contribution in [0.5, 0.6) is 0 Å². The maximum absolute atomic E-state index is 13.0. The lowest BCUT2D eigenvalue weighted by molar-refractivity contribution is 0.0527. The van der Waals surface area contributed by atoms with Crippen LogP contribution in [-0.2, 0) is 4.74 Å². The summed E-state index contributed by atoms with van der Waals surface area (Å²) in [6.45, 7) is 4.80. The summed E-state index contributed by atoms with van der Waals surface area (Å²) in [6.07, 6.45) is 0.974. The van der Waals surface area contributed by atoms with Gasteiger partial charge in [-0.15, -0.1) is 11.8 Å². The number of thioether (sulfide) groups is 1. The van der Waals surface area contributed by atoms with Gasteiger partial charge in [0.05, 0.1) is 23.5 Å². The van der Waals surface area contributed by atoms with Gasteiger partial charge in [0, 0.05) is 16.7 Å². The summed E-state index contributed by atoms with van der Waals surface area (Å²) in [5, 5.41) is 3.23. The molecule has 0 radical (unpaired) electrons. The van der Waals surface area contributed by atoms with Gasteiger partial charge in [0.25, 0.3) is 0 Å². The molecule has 26 heavy (non-hydrogen) atoms. The number of benzene rings is 2. The van der Waals surface area contributed by atoms with E-state index in [-0.39, 0.29) is 12.6 Å². The third kappa shape index (κ3) is 3.85. The van der Waals surface area contributed by atoms with E-state index in [9.17, 15) is 9.59 Å². The van der Waals surface area contributed by atoms with Gasteiger partial charge in [-0.25, -0.2) is 9.59 Å². The van der Waals surface area contributed by atoms with Crippen LogP contribution in [0.3, 0.4) is 0 Å². The molecule has 136 valence electrons. The molecular weight excluding hydrogens is 348 g/mol. The quantitative estimate of drug-likeness (QED) is 0.787. The van der Waals surface area contributed by atoms with Crippen molar-refractivity contribution in [1.82, 2.24) is 0 Å². The Kier molecular flexibility index (Phi) is 5.83. The molecule has 1 aliphatic rings. The van der Waals surface area contributed by atoms with Gasteiger partial charge in [-0.2, -0.15) is 0 Å². The summed E-state index contributed by atoms with van der Waals surface area (Å²) >= 11 is 1.80. The third-order valence-electron chi connectivity index (χ3n) is 4.20. The Morgan fingerprint density at radius 3 is 2.65 bits per heavy atom. The van der Waals surface area contributed by atoms with E-state index in [2.05, 4.69) is 12.2 Å². The zero-order chi connectivity index (χ0) is 18.5. The second-order valence-electron chi connectivity index (χ2n) is 5.92. The monoisotopic (exact) mass is 370 g/mol. The number of fused-ring (bicyclic) bond motifs is 1. The topological polar surface area (TPSA) is 58.6 Å². The number of nitrogens with one attached hydrogen (secondary N) is 1. The predicted octanol–water partition coefficient (Wildman–Crippen LogP) is 4.79. The summed E-state index contributed by atoms with van der Waals surface area (Å²) in [7, 11) is 0. The van der Waals surface area contributed by atoms with Crippen LogP contribution in [0.2, 0.25) is 0 Å². The van der Waals surface area contributed by atoms with Crippen LogP contribution in [0.25, 0.3) is 0 Å². The molecule has 1 heterocycles. The Hall–Kier alpha value is -2.47. The van der Waals surface area contributed by atoms with E-state index in [1.54, 1.807) is 47.9 Å². The van der Waals surface area contributed by atoms with Gasteiger partial charge in [-0.05, 0) is 37.6 Å². The Balaban J connectivity index is 1.86. The first-order valence-electron chi connectivity index (χ1n) is 8.74. The number of para-hydroxylation sites is 2. The standard InChI is InChI=1S/C20H22N2O3S/c1-3-14-13-22(17-11-7-8-12-18(17)26-14)20(24)21-16-10-6-5-9-15(16)19(23)25-4-2/h5-12,14H,3-4,13H2,1-2H3,(H,21,24). The Morgan fingerprint density at radius 2 is 1.88 bits per heavy atom. The van der Waals surface area contributed by atoms with Gasteiger partial charge >= 0.3 is 12.0 Å². The van der Waals surface area contributed by atoms with Crippen LogP contribution in [0.15, 0.2) is 53.4 Å². The molecule has 0 spiro atoms. The van der Waals surface area contributed by atoms with Gasteiger partial charge in [-0.1, -0.05) is 31.2 Å². The zero-order valence-corrected chi connectivity index (χ0v) is 15.7. The summed E-state index contributed by atoms with van der Waals surface area (Å²) in [4.78, 5) is 28.0. The number of ether oxygens (including phenoxy) is 1. The number of amides is 2. The molecule has 1 N–H and O–H groups in total. The number of esters is 1. The molecule has 3 rings (SSSR count). The lowest BCUT2D eigenvalue weighted by atomic mass is 10.2. The second kappa shape index (κ2) is 8.27. The maximum atomic E-state index is 13.0. The minimum absolute atomic E-state index is 0.243. The number of hydrogen-bond donors (Lipinski definition) is 1. The molecule has 2 aromatic rings. The van der Waals surface area contributed by atoms with Crippen molar-refractivity contribution in [3.8, 4) is 0 Å². The lowest BCUT2D eigenvalue weighted by Gasteiger charge is -2.33. The smallest absolute Gasteiger partial charge is 0.340 e. The van der Waals surface area contributed by atoms with Gasteiger partial charge in [0.2, 0.25) is 0 Å².